The van der Waals surface area contributed by atoms with Crippen LogP contribution in [-0.4, -0.2) is 42.0 Å². The molecule has 0 bridgehead atoms. The Bertz CT molecular complexity index is 265. The van der Waals surface area contributed by atoms with Gasteiger partial charge in [-0.25, -0.2) is 0 Å². The Balaban J connectivity index is 1.99. The SMILES string of the molecule is CC(=O)N[C@@H]1CCCC[C@@H]1N(CCN)C1CC1. The third-order valence-corrected chi connectivity index (χ3v) is 3.95. The number of carbonyl (C=O) groups excluding carboxylic acids is 1. The number of hydrogen-bond acceptors (Lipinski definition) is 3. The Labute approximate surface area is 104 Å². The zero-order chi connectivity index (χ0) is 12.3. The maximum Gasteiger partial charge on any atom is 0.217 e. The average Bonchev–Trinajstić information content (AvgIpc) is 3.10. The molecule has 0 unspecified atom stereocenters. The zero-order valence-electron chi connectivity index (χ0n) is 10.8. The van der Waals surface area contributed by atoms with Crippen LogP contribution in [0, 0.1) is 0 Å². The van der Waals surface area contributed by atoms with Crippen LogP contribution in [0.15, 0.2) is 0 Å². The molecule has 0 aromatic carbocycles. The maximum atomic E-state index is 11.3. The van der Waals surface area contributed by atoms with Gasteiger partial charge in [0.1, 0.15) is 0 Å². The summed E-state index contributed by atoms with van der Waals surface area (Å²) in [5.74, 6) is 0.102. The average molecular weight is 239 g/mol. The number of nitrogens with zero attached hydrogens (tertiary/aromatic N) is 1. The van der Waals surface area contributed by atoms with Crippen molar-refractivity contribution in [2.75, 3.05) is 13.1 Å². The molecule has 0 spiro atoms. The molecule has 2 aliphatic carbocycles. The van der Waals surface area contributed by atoms with Gasteiger partial charge in [-0.3, -0.25) is 9.69 Å². The lowest BCUT2D eigenvalue weighted by atomic mass is 9.88. The standard InChI is InChI=1S/C13H25N3O/c1-10(17)15-12-4-2-3-5-13(12)16(9-8-14)11-6-7-11/h11-13H,2-9,14H2,1H3,(H,15,17)/t12-,13+/m1/s1. The molecule has 17 heavy (non-hydrogen) atoms. The number of hydrogen-bond donors (Lipinski definition) is 2. The molecule has 3 N–H and O–H groups in total. The van der Waals surface area contributed by atoms with E-state index in [0.717, 1.165) is 25.6 Å². The molecule has 2 aliphatic rings. The van der Waals surface area contributed by atoms with E-state index >= 15 is 0 Å². The van der Waals surface area contributed by atoms with Gasteiger partial charge >= 0.3 is 0 Å². The van der Waals surface area contributed by atoms with Gasteiger partial charge in [0.2, 0.25) is 5.91 Å². The Morgan fingerprint density at radius 2 is 2.00 bits per heavy atom. The number of amides is 1. The van der Waals surface area contributed by atoms with E-state index in [2.05, 4.69) is 10.2 Å². The summed E-state index contributed by atoms with van der Waals surface area (Å²) in [4.78, 5) is 13.8. The fourth-order valence-electron chi connectivity index (χ4n) is 3.11. The van der Waals surface area contributed by atoms with Gasteiger partial charge in [-0.2, -0.15) is 0 Å². The van der Waals surface area contributed by atoms with Gasteiger partial charge < -0.3 is 11.1 Å². The molecule has 0 heterocycles. The van der Waals surface area contributed by atoms with Crippen LogP contribution in [0.25, 0.3) is 0 Å². The summed E-state index contributed by atoms with van der Waals surface area (Å²) >= 11 is 0. The monoisotopic (exact) mass is 239 g/mol. The largest absolute Gasteiger partial charge is 0.352 e. The minimum atomic E-state index is 0.102. The first-order valence-corrected chi connectivity index (χ1v) is 6.95. The minimum absolute atomic E-state index is 0.102. The van der Waals surface area contributed by atoms with Crippen molar-refractivity contribution in [2.45, 2.75) is 63.6 Å². The van der Waals surface area contributed by atoms with Crippen molar-refractivity contribution in [3.05, 3.63) is 0 Å². The molecular weight excluding hydrogens is 214 g/mol. The summed E-state index contributed by atoms with van der Waals surface area (Å²) in [5.41, 5.74) is 5.72. The lowest BCUT2D eigenvalue weighted by Gasteiger charge is -2.40. The fourth-order valence-corrected chi connectivity index (χ4v) is 3.11. The van der Waals surface area contributed by atoms with E-state index in [4.69, 9.17) is 5.73 Å². The predicted octanol–water partition coefficient (Wildman–Crippen LogP) is 0.857. The topological polar surface area (TPSA) is 58.4 Å². The number of carbonyl (C=O) groups is 1. The van der Waals surface area contributed by atoms with Gasteiger partial charge in [0, 0.05) is 38.1 Å². The van der Waals surface area contributed by atoms with Gasteiger partial charge in [0.25, 0.3) is 0 Å². The van der Waals surface area contributed by atoms with Gasteiger partial charge in [-0.05, 0) is 25.7 Å². The van der Waals surface area contributed by atoms with E-state index in [0.29, 0.717) is 12.1 Å². The normalized spacial score (nSPS) is 29.4. The third-order valence-electron chi connectivity index (χ3n) is 3.95. The Morgan fingerprint density at radius 1 is 1.29 bits per heavy atom. The minimum Gasteiger partial charge on any atom is -0.352 e. The van der Waals surface area contributed by atoms with Crippen molar-refractivity contribution >= 4 is 5.91 Å². The second kappa shape index (κ2) is 5.83. The van der Waals surface area contributed by atoms with Crippen molar-refractivity contribution in [1.82, 2.24) is 10.2 Å². The van der Waals surface area contributed by atoms with E-state index in [1.165, 1.54) is 32.1 Å². The molecule has 0 aliphatic heterocycles. The van der Waals surface area contributed by atoms with Crippen molar-refractivity contribution < 1.29 is 4.79 Å². The molecule has 2 fully saturated rings. The molecule has 0 aromatic heterocycles. The van der Waals surface area contributed by atoms with E-state index in [9.17, 15) is 4.79 Å². The first-order chi connectivity index (χ1) is 8.22. The summed E-state index contributed by atoms with van der Waals surface area (Å²) < 4.78 is 0. The lowest BCUT2D eigenvalue weighted by molar-refractivity contribution is -0.120. The summed E-state index contributed by atoms with van der Waals surface area (Å²) in [6.45, 7) is 3.32. The Hall–Kier alpha value is -0.610. The third kappa shape index (κ3) is 3.42. The first kappa shape index (κ1) is 12.8. The summed E-state index contributed by atoms with van der Waals surface area (Å²) in [6, 6.07) is 1.59. The second-order valence-corrected chi connectivity index (χ2v) is 5.42. The van der Waals surface area contributed by atoms with Crippen LogP contribution in [-0.2, 0) is 4.79 Å². The van der Waals surface area contributed by atoms with Gasteiger partial charge in [-0.1, -0.05) is 12.8 Å². The molecule has 2 atom stereocenters. The summed E-state index contributed by atoms with van der Waals surface area (Å²) in [5, 5.41) is 3.13. The van der Waals surface area contributed by atoms with E-state index < -0.39 is 0 Å². The Morgan fingerprint density at radius 3 is 2.59 bits per heavy atom. The highest BCUT2D eigenvalue weighted by molar-refractivity contribution is 5.73. The van der Waals surface area contributed by atoms with Crippen molar-refractivity contribution in [1.29, 1.82) is 0 Å². The van der Waals surface area contributed by atoms with Crippen LogP contribution >= 0.6 is 0 Å². The number of rotatable bonds is 5. The van der Waals surface area contributed by atoms with Gasteiger partial charge in [0.15, 0.2) is 0 Å². The van der Waals surface area contributed by atoms with Crippen LogP contribution in [0.5, 0.6) is 0 Å². The zero-order valence-corrected chi connectivity index (χ0v) is 10.8. The van der Waals surface area contributed by atoms with Crippen LogP contribution in [0.4, 0.5) is 0 Å². The molecular formula is C13H25N3O. The molecule has 4 nitrogen and oxygen atoms in total. The summed E-state index contributed by atoms with van der Waals surface area (Å²) in [7, 11) is 0. The first-order valence-electron chi connectivity index (χ1n) is 6.95. The van der Waals surface area contributed by atoms with Crippen LogP contribution in [0.2, 0.25) is 0 Å². The van der Waals surface area contributed by atoms with E-state index in [1.54, 1.807) is 6.92 Å². The number of nitrogens with two attached hydrogens (primary N) is 1. The Kier molecular flexibility index (Phi) is 4.40. The molecule has 0 radical (unpaired) electrons. The molecule has 2 saturated carbocycles. The van der Waals surface area contributed by atoms with Crippen LogP contribution in [0.1, 0.15) is 45.4 Å². The molecule has 1 amide bonds. The maximum absolute atomic E-state index is 11.3. The van der Waals surface area contributed by atoms with Gasteiger partial charge in [0.05, 0.1) is 0 Å². The quantitative estimate of drug-likeness (QED) is 0.748. The van der Waals surface area contributed by atoms with Crippen molar-refractivity contribution in [3.63, 3.8) is 0 Å². The van der Waals surface area contributed by atoms with E-state index in [-0.39, 0.29) is 5.91 Å². The molecule has 4 heteroatoms. The fraction of sp³-hybridized carbons (Fsp3) is 0.923. The predicted molar refractivity (Wildman–Crippen MR) is 68.6 cm³/mol. The van der Waals surface area contributed by atoms with Crippen LogP contribution < -0.4 is 11.1 Å². The lowest BCUT2D eigenvalue weighted by Crippen LogP contribution is -2.54. The highest BCUT2D eigenvalue weighted by Gasteiger charge is 2.38. The molecule has 0 saturated heterocycles. The van der Waals surface area contributed by atoms with Gasteiger partial charge in [-0.15, -0.1) is 0 Å². The van der Waals surface area contributed by atoms with Crippen molar-refractivity contribution in [2.24, 2.45) is 5.73 Å². The molecule has 0 aromatic rings. The van der Waals surface area contributed by atoms with E-state index in [1.807, 2.05) is 0 Å². The highest BCUT2D eigenvalue weighted by atomic mass is 16.1. The highest BCUT2D eigenvalue weighted by Crippen LogP contribution is 2.33. The molecule has 2 rings (SSSR count). The van der Waals surface area contributed by atoms with Crippen LogP contribution in [0.3, 0.4) is 0 Å². The second-order valence-electron chi connectivity index (χ2n) is 5.42. The molecule has 98 valence electrons. The van der Waals surface area contributed by atoms with Crippen molar-refractivity contribution in [3.8, 4) is 0 Å². The number of nitrogens with one attached hydrogen (secondary N) is 1. The summed E-state index contributed by atoms with van der Waals surface area (Å²) in [6.07, 6.45) is 7.48. The smallest absolute Gasteiger partial charge is 0.217 e.